The van der Waals surface area contributed by atoms with Crippen LogP contribution in [0.25, 0.3) is 0 Å². The van der Waals surface area contributed by atoms with Crippen molar-refractivity contribution < 1.29 is 110 Å². The van der Waals surface area contributed by atoms with E-state index in [0.717, 1.165) is 0 Å². The van der Waals surface area contributed by atoms with Gasteiger partial charge < -0.3 is 28.4 Å². The molecule has 0 amide bonds. The van der Waals surface area contributed by atoms with Crippen molar-refractivity contribution in [3.8, 4) is 0 Å². The average molecular weight is 935 g/mol. The smallest absolute Gasteiger partial charge is 0.377 e. The number of hydrogen-bond donors (Lipinski definition) is 0. The van der Waals surface area contributed by atoms with Crippen LogP contribution in [-0.2, 0) is 57.2 Å². The van der Waals surface area contributed by atoms with Crippen molar-refractivity contribution in [1.29, 1.82) is 0 Å². The molecule has 0 heterocycles. The number of hydrogen-bond acceptors (Lipinski definition) is 12. The number of carbonyl (C=O) groups excluding carboxylic acids is 6. The molecular weight excluding hydrogens is 876 g/mol. The summed E-state index contributed by atoms with van der Waals surface area (Å²) >= 11 is 0. The molecule has 62 heavy (non-hydrogen) atoms. The first-order valence-corrected chi connectivity index (χ1v) is 18.9. The minimum Gasteiger partial charge on any atom is -0.462 e. The Hall–Kier alpha value is -4.02. The van der Waals surface area contributed by atoms with Gasteiger partial charge in [0.05, 0.1) is 36.0 Å². The maximum absolute atomic E-state index is 13.1. The van der Waals surface area contributed by atoms with E-state index < -0.39 is 141 Å². The van der Waals surface area contributed by atoms with Gasteiger partial charge in [-0.1, -0.05) is 27.7 Å². The summed E-state index contributed by atoms with van der Waals surface area (Å²) in [6, 6.07) is 0. The van der Waals surface area contributed by atoms with Crippen LogP contribution >= 0.6 is 0 Å². The van der Waals surface area contributed by atoms with Gasteiger partial charge >= 0.3 is 53.6 Å². The normalized spacial score (nSPS) is 13.2. The van der Waals surface area contributed by atoms with Crippen LogP contribution in [0, 0.1) is 16.7 Å². The molecule has 1 unspecified atom stereocenters. The van der Waals surface area contributed by atoms with Crippen molar-refractivity contribution in [2.75, 3.05) is 39.6 Å². The Morgan fingerprint density at radius 2 is 0.597 bits per heavy atom. The van der Waals surface area contributed by atoms with Gasteiger partial charge in [0.25, 0.3) is 17.8 Å². The Morgan fingerprint density at radius 1 is 0.387 bits per heavy atom. The number of halogens is 12. The number of rotatable bonds is 24. The molecular formula is C38H58F12O12. The molecule has 0 aromatic heterocycles. The van der Waals surface area contributed by atoms with Crippen LogP contribution in [0.15, 0.2) is 0 Å². The molecule has 0 N–H and O–H groups in total. The minimum absolute atomic E-state index is 0.280. The number of alkyl halides is 12. The standard InChI is InChI=1S/2C13H20F4O4.C12H18F4O4/c2*1-5-11(2,3)9(18)20-6-7-21-10(19)13(16,17)8-12(4,14)15;1-4-8(2)9(17)19-5-6-20-10(18)12(15,16)7-11(3,13)14/h2*5-8H2,1-4H3;8H,4-7H2,1-3H3. The van der Waals surface area contributed by atoms with Gasteiger partial charge in [-0.3, -0.25) is 14.4 Å². The average Bonchev–Trinajstić information content (AvgIpc) is 3.10. The van der Waals surface area contributed by atoms with Crippen molar-refractivity contribution in [3.05, 3.63) is 0 Å². The lowest BCUT2D eigenvalue weighted by molar-refractivity contribution is -0.185. The third kappa shape index (κ3) is 28.6. The van der Waals surface area contributed by atoms with Crippen molar-refractivity contribution in [2.24, 2.45) is 16.7 Å². The van der Waals surface area contributed by atoms with Crippen LogP contribution in [0.1, 0.15) is 115 Å². The Bertz CT molecular complexity index is 1350. The molecule has 24 heteroatoms. The monoisotopic (exact) mass is 934 g/mol. The van der Waals surface area contributed by atoms with Gasteiger partial charge in [-0.25, -0.2) is 40.7 Å². The van der Waals surface area contributed by atoms with Crippen LogP contribution in [0.2, 0.25) is 0 Å². The summed E-state index contributed by atoms with van der Waals surface area (Å²) in [4.78, 5) is 67.1. The van der Waals surface area contributed by atoms with Crippen LogP contribution in [-0.4, -0.2) is 111 Å². The molecule has 1 atom stereocenters. The Morgan fingerprint density at radius 3 is 0.790 bits per heavy atom. The first-order chi connectivity index (χ1) is 27.6. The van der Waals surface area contributed by atoms with Crippen LogP contribution in [0.4, 0.5) is 52.7 Å². The summed E-state index contributed by atoms with van der Waals surface area (Å²) < 4.78 is 180. The predicted octanol–water partition coefficient (Wildman–Crippen LogP) is 9.18. The topological polar surface area (TPSA) is 158 Å². The van der Waals surface area contributed by atoms with E-state index in [1.54, 1.807) is 55.4 Å². The zero-order chi connectivity index (χ0) is 49.8. The van der Waals surface area contributed by atoms with Gasteiger partial charge in [0.1, 0.15) is 39.6 Å². The van der Waals surface area contributed by atoms with Gasteiger partial charge in [-0.05, 0) is 67.7 Å². The second-order valence-corrected chi connectivity index (χ2v) is 15.5. The first kappa shape index (κ1) is 62.3. The predicted molar refractivity (Wildman–Crippen MR) is 194 cm³/mol. The fraction of sp³-hybridized carbons (Fsp3) is 0.842. The molecule has 0 fully saturated rings. The van der Waals surface area contributed by atoms with E-state index in [4.69, 9.17) is 9.47 Å². The van der Waals surface area contributed by atoms with E-state index in [2.05, 4.69) is 18.9 Å². The SMILES string of the molecule is CCC(C)(C)C(=O)OCCOC(=O)C(F)(F)CC(C)(F)F.CCC(C)(C)C(=O)OCCOC(=O)C(F)(F)CC(C)(F)F.CCC(C)C(=O)OCCOC(=O)C(F)(F)CC(C)(F)F. The molecule has 0 bridgehead atoms. The van der Waals surface area contributed by atoms with E-state index >= 15 is 0 Å². The maximum atomic E-state index is 13.1. The third-order valence-corrected chi connectivity index (χ3v) is 8.04. The molecule has 0 spiro atoms. The molecule has 0 aliphatic rings. The summed E-state index contributed by atoms with van der Waals surface area (Å²) in [6.45, 7) is 11.3. The fourth-order valence-electron chi connectivity index (χ4n) is 3.51. The van der Waals surface area contributed by atoms with Gasteiger partial charge in [-0.15, -0.1) is 0 Å². The number of ether oxygens (including phenoxy) is 6. The van der Waals surface area contributed by atoms with Crippen molar-refractivity contribution in [3.63, 3.8) is 0 Å². The van der Waals surface area contributed by atoms with Gasteiger partial charge in [0.15, 0.2) is 0 Å². The highest BCUT2D eigenvalue weighted by molar-refractivity contribution is 5.79. The molecule has 0 saturated heterocycles. The lowest BCUT2D eigenvalue weighted by Gasteiger charge is -2.21. The molecule has 366 valence electrons. The molecule has 0 aliphatic carbocycles. The number of esters is 6. The Kier molecular flexibility index (Phi) is 26.0. The van der Waals surface area contributed by atoms with Crippen molar-refractivity contribution in [1.82, 2.24) is 0 Å². The maximum Gasteiger partial charge on any atom is 0.377 e. The van der Waals surface area contributed by atoms with E-state index in [0.29, 0.717) is 19.3 Å². The second-order valence-electron chi connectivity index (χ2n) is 15.5. The van der Waals surface area contributed by atoms with Gasteiger partial charge in [0.2, 0.25) is 0 Å². The summed E-state index contributed by atoms with van der Waals surface area (Å²) in [5.74, 6) is -32.1. The third-order valence-electron chi connectivity index (χ3n) is 8.04. The number of carbonyl (C=O) groups is 6. The minimum atomic E-state index is -4.29. The molecule has 0 aromatic carbocycles. The first-order valence-electron chi connectivity index (χ1n) is 18.9. The van der Waals surface area contributed by atoms with Crippen LogP contribution in [0.3, 0.4) is 0 Å². The lowest BCUT2D eigenvalue weighted by atomic mass is 9.91. The van der Waals surface area contributed by atoms with Crippen molar-refractivity contribution >= 4 is 35.8 Å². The molecule has 12 nitrogen and oxygen atoms in total. The fourth-order valence-corrected chi connectivity index (χ4v) is 3.51. The van der Waals surface area contributed by atoms with Gasteiger partial charge in [-0.2, -0.15) is 26.3 Å². The van der Waals surface area contributed by atoms with Crippen LogP contribution < -0.4 is 0 Å². The molecule has 0 aliphatic heterocycles. The zero-order valence-electron chi connectivity index (χ0n) is 36.5. The van der Waals surface area contributed by atoms with Crippen molar-refractivity contribution in [2.45, 2.75) is 150 Å². The Labute approximate surface area is 352 Å². The molecule has 0 rings (SSSR count). The Balaban J connectivity index is -0.000000843. The molecule has 0 aromatic rings. The van der Waals surface area contributed by atoms with E-state index in [1.807, 2.05) is 0 Å². The second kappa shape index (κ2) is 25.9. The van der Waals surface area contributed by atoms with E-state index in [9.17, 15) is 81.5 Å². The largest absolute Gasteiger partial charge is 0.462 e. The quantitative estimate of drug-likeness (QED) is 0.0392. The van der Waals surface area contributed by atoms with E-state index in [1.165, 1.54) is 0 Å². The lowest BCUT2D eigenvalue weighted by Crippen LogP contribution is -2.37. The van der Waals surface area contributed by atoms with Gasteiger partial charge in [0, 0.05) is 0 Å². The summed E-state index contributed by atoms with van der Waals surface area (Å²) in [6.07, 6.45) is -4.22. The summed E-state index contributed by atoms with van der Waals surface area (Å²) in [7, 11) is 0. The molecule has 0 saturated carbocycles. The summed E-state index contributed by atoms with van der Waals surface area (Å²) in [5.41, 5.74) is -1.48. The highest BCUT2D eigenvalue weighted by atomic mass is 19.3. The highest BCUT2D eigenvalue weighted by Crippen LogP contribution is 2.33. The van der Waals surface area contributed by atoms with E-state index in [-0.39, 0.29) is 26.7 Å². The highest BCUT2D eigenvalue weighted by Gasteiger charge is 2.50. The molecule has 0 radical (unpaired) electrons. The summed E-state index contributed by atoms with van der Waals surface area (Å²) in [5, 5.41) is 0. The zero-order valence-corrected chi connectivity index (χ0v) is 36.5. The van der Waals surface area contributed by atoms with Crippen LogP contribution in [0.5, 0.6) is 0 Å².